The molecule has 3 aromatic heterocycles. The first kappa shape index (κ1) is 15.1. The third kappa shape index (κ3) is 2.56. The highest BCUT2D eigenvalue weighted by Gasteiger charge is 2.19. The molecule has 25 heavy (non-hydrogen) atoms. The Balaban J connectivity index is 1.53. The van der Waals surface area contributed by atoms with E-state index in [4.69, 9.17) is 4.98 Å². The van der Waals surface area contributed by atoms with Crippen LogP contribution in [0.2, 0.25) is 0 Å². The fourth-order valence-electron chi connectivity index (χ4n) is 3.82. The maximum atomic E-state index is 4.90. The molecule has 128 valence electrons. The van der Waals surface area contributed by atoms with Crippen molar-refractivity contribution in [1.29, 1.82) is 0 Å². The molecule has 2 N–H and O–H groups in total. The maximum Gasteiger partial charge on any atom is 0.194 e. The molecule has 5 nitrogen and oxygen atoms in total. The van der Waals surface area contributed by atoms with E-state index in [1.165, 1.54) is 34.5 Å². The number of aryl methyl sites for hydroxylation is 2. The zero-order chi connectivity index (χ0) is 17.0. The molecule has 1 aliphatic heterocycles. The molecule has 0 bridgehead atoms. The van der Waals surface area contributed by atoms with Gasteiger partial charge in [0, 0.05) is 18.3 Å². The summed E-state index contributed by atoms with van der Waals surface area (Å²) in [6.07, 6.45) is 6.80. The van der Waals surface area contributed by atoms with E-state index in [9.17, 15) is 0 Å². The number of aromatic amines is 1. The molecule has 0 aliphatic carbocycles. The lowest BCUT2D eigenvalue weighted by Crippen LogP contribution is -2.26. The van der Waals surface area contributed by atoms with Crippen molar-refractivity contribution in [3.05, 3.63) is 41.6 Å². The Kier molecular flexibility index (Phi) is 3.43. The summed E-state index contributed by atoms with van der Waals surface area (Å²) in [6.45, 7) is 6.33. The van der Waals surface area contributed by atoms with Crippen LogP contribution in [0.1, 0.15) is 35.8 Å². The van der Waals surface area contributed by atoms with Gasteiger partial charge in [-0.05, 0) is 63.0 Å². The van der Waals surface area contributed by atoms with E-state index in [1.54, 1.807) is 11.3 Å². The van der Waals surface area contributed by atoms with E-state index in [2.05, 4.69) is 51.1 Å². The minimum Gasteiger partial charge on any atom is -0.342 e. The van der Waals surface area contributed by atoms with Crippen LogP contribution in [0, 0.1) is 13.8 Å². The van der Waals surface area contributed by atoms with Gasteiger partial charge in [-0.2, -0.15) is 0 Å². The van der Waals surface area contributed by atoms with Gasteiger partial charge < -0.3 is 10.3 Å². The topological polar surface area (TPSA) is 58.0 Å². The van der Waals surface area contributed by atoms with Crippen molar-refractivity contribution in [2.75, 3.05) is 13.1 Å². The molecule has 1 saturated heterocycles. The molecule has 5 rings (SSSR count). The molecule has 1 aromatic carbocycles. The van der Waals surface area contributed by atoms with Crippen LogP contribution >= 0.6 is 11.3 Å². The number of H-pyrrole nitrogens is 1. The molecule has 1 fully saturated rings. The first-order valence-corrected chi connectivity index (χ1v) is 9.65. The molecule has 4 heterocycles. The molecule has 0 spiro atoms. The standard InChI is InChI=1S/C19H21N5S/c1-11-7-14(8-15-18(11)22-12(2)21-15)17-10-24-9-16(23-19(24)25-17)13-3-5-20-6-4-13/h7-10,13,20H,3-6H2,1-2H3,(H,21,22). The Labute approximate surface area is 150 Å². The normalized spacial score (nSPS) is 16.2. The van der Waals surface area contributed by atoms with Gasteiger partial charge in [0.2, 0.25) is 0 Å². The maximum absolute atomic E-state index is 4.90. The van der Waals surface area contributed by atoms with Crippen LogP contribution in [0.3, 0.4) is 0 Å². The molecular weight excluding hydrogens is 330 g/mol. The molecule has 0 radical (unpaired) electrons. The van der Waals surface area contributed by atoms with Crippen molar-refractivity contribution in [1.82, 2.24) is 24.7 Å². The van der Waals surface area contributed by atoms with Crippen LogP contribution in [0.4, 0.5) is 0 Å². The number of rotatable bonds is 2. The first-order chi connectivity index (χ1) is 12.2. The van der Waals surface area contributed by atoms with Crippen molar-refractivity contribution in [3.63, 3.8) is 0 Å². The van der Waals surface area contributed by atoms with Gasteiger partial charge in [-0.15, -0.1) is 0 Å². The van der Waals surface area contributed by atoms with Crippen LogP contribution in [-0.2, 0) is 0 Å². The highest BCUT2D eigenvalue weighted by atomic mass is 32.1. The average molecular weight is 351 g/mol. The monoisotopic (exact) mass is 351 g/mol. The molecule has 0 amide bonds. The van der Waals surface area contributed by atoms with Crippen LogP contribution in [-0.4, -0.2) is 32.4 Å². The van der Waals surface area contributed by atoms with Crippen LogP contribution < -0.4 is 5.32 Å². The number of nitrogens with one attached hydrogen (secondary N) is 2. The number of aromatic nitrogens is 4. The molecular formula is C19H21N5S. The Hall–Kier alpha value is -2.18. The van der Waals surface area contributed by atoms with E-state index in [0.717, 1.165) is 34.9 Å². The second-order valence-electron chi connectivity index (χ2n) is 6.99. The molecule has 1 aliphatic rings. The summed E-state index contributed by atoms with van der Waals surface area (Å²) in [5.41, 5.74) is 5.85. The quantitative estimate of drug-likeness (QED) is 0.573. The average Bonchev–Trinajstić information content (AvgIpc) is 3.27. The predicted octanol–water partition coefficient (Wildman–Crippen LogP) is 4.02. The van der Waals surface area contributed by atoms with Crippen molar-refractivity contribution < 1.29 is 0 Å². The van der Waals surface area contributed by atoms with Crippen LogP contribution in [0.15, 0.2) is 24.5 Å². The zero-order valence-electron chi connectivity index (χ0n) is 14.5. The fraction of sp³-hybridized carbons (Fsp3) is 0.368. The molecule has 4 aromatic rings. The number of piperidine rings is 1. The number of fused-ring (bicyclic) bond motifs is 2. The lowest BCUT2D eigenvalue weighted by molar-refractivity contribution is 0.454. The van der Waals surface area contributed by atoms with Crippen molar-refractivity contribution >= 4 is 27.3 Å². The summed E-state index contributed by atoms with van der Waals surface area (Å²) in [5.74, 6) is 1.56. The number of thiazole rings is 1. The van der Waals surface area contributed by atoms with Gasteiger partial charge in [-0.1, -0.05) is 11.3 Å². The summed E-state index contributed by atoms with van der Waals surface area (Å²) >= 11 is 1.76. The SMILES string of the molecule is Cc1nc2c(C)cc(-c3cn4cc(C5CCNCC5)nc4s3)cc2[nH]1. The Morgan fingerprint density at radius 2 is 1.96 bits per heavy atom. The third-order valence-electron chi connectivity index (χ3n) is 5.11. The predicted molar refractivity (Wildman–Crippen MR) is 102 cm³/mol. The summed E-state index contributed by atoms with van der Waals surface area (Å²) in [4.78, 5) is 15.2. The van der Waals surface area contributed by atoms with E-state index < -0.39 is 0 Å². The smallest absolute Gasteiger partial charge is 0.194 e. The van der Waals surface area contributed by atoms with Crippen molar-refractivity contribution in [3.8, 4) is 10.4 Å². The summed E-state index contributed by atoms with van der Waals surface area (Å²) in [5, 5.41) is 3.42. The Morgan fingerprint density at radius 1 is 1.12 bits per heavy atom. The van der Waals surface area contributed by atoms with E-state index >= 15 is 0 Å². The van der Waals surface area contributed by atoms with Crippen molar-refractivity contribution in [2.45, 2.75) is 32.6 Å². The minimum atomic E-state index is 0.600. The minimum absolute atomic E-state index is 0.600. The number of hydrogen-bond acceptors (Lipinski definition) is 4. The highest BCUT2D eigenvalue weighted by molar-refractivity contribution is 7.20. The lowest BCUT2D eigenvalue weighted by Gasteiger charge is -2.20. The second kappa shape index (κ2) is 5.68. The van der Waals surface area contributed by atoms with Gasteiger partial charge in [-0.3, -0.25) is 4.40 Å². The van der Waals surface area contributed by atoms with Crippen LogP contribution in [0.5, 0.6) is 0 Å². The van der Waals surface area contributed by atoms with Crippen LogP contribution in [0.25, 0.3) is 26.4 Å². The second-order valence-corrected chi connectivity index (χ2v) is 8.00. The van der Waals surface area contributed by atoms with Gasteiger partial charge in [0.25, 0.3) is 0 Å². The Morgan fingerprint density at radius 3 is 2.76 bits per heavy atom. The highest BCUT2D eigenvalue weighted by Crippen LogP contribution is 2.33. The number of benzene rings is 1. The lowest BCUT2D eigenvalue weighted by atomic mass is 9.95. The van der Waals surface area contributed by atoms with Crippen molar-refractivity contribution in [2.24, 2.45) is 0 Å². The van der Waals surface area contributed by atoms with Gasteiger partial charge in [0.05, 0.1) is 21.6 Å². The zero-order valence-corrected chi connectivity index (χ0v) is 15.3. The summed E-state index contributed by atoms with van der Waals surface area (Å²) in [6, 6.07) is 4.42. The summed E-state index contributed by atoms with van der Waals surface area (Å²) in [7, 11) is 0. The number of imidazole rings is 2. The molecule has 6 heteroatoms. The van der Waals surface area contributed by atoms with Gasteiger partial charge in [0.15, 0.2) is 4.96 Å². The largest absolute Gasteiger partial charge is 0.342 e. The third-order valence-corrected chi connectivity index (χ3v) is 6.16. The van der Waals surface area contributed by atoms with Gasteiger partial charge in [0.1, 0.15) is 5.82 Å². The Bertz CT molecular complexity index is 1030. The van der Waals surface area contributed by atoms with Gasteiger partial charge in [-0.25, -0.2) is 9.97 Å². The number of nitrogens with zero attached hydrogens (tertiary/aromatic N) is 3. The number of hydrogen-bond donors (Lipinski definition) is 2. The van der Waals surface area contributed by atoms with Gasteiger partial charge >= 0.3 is 0 Å². The van der Waals surface area contributed by atoms with E-state index in [1.807, 2.05) is 6.92 Å². The first-order valence-electron chi connectivity index (χ1n) is 8.84. The molecule has 0 saturated carbocycles. The van der Waals surface area contributed by atoms with E-state index in [0.29, 0.717) is 5.92 Å². The summed E-state index contributed by atoms with van der Waals surface area (Å²) < 4.78 is 2.19. The fourth-order valence-corrected chi connectivity index (χ4v) is 4.78. The molecule has 0 atom stereocenters. The van der Waals surface area contributed by atoms with E-state index in [-0.39, 0.29) is 0 Å². The molecule has 0 unspecified atom stereocenters.